The SMILES string of the molecule is COc1cc(CC#N)cc(OC)c1OCC1CC1. The molecule has 0 saturated heterocycles. The summed E-state index contributed by atoms with van der Waals surface area (Å²) in [6, 6.07) is 5.77. The summed E-state index contributed by atoms with van der Waals surface area (Å²) >= 11 is 0. The van der Waals surface area contributed by atoms with Crippen molar-refractivity contribution in [3.8, 4) is 23.3 Å². The van der Waals surface area contributed by atoms with Gasteiger partial charge in [-0.05, 0) is 36.5 Å². The molecular formula is C14H17NO3. The molecular weight excluding hydrogens is 230 g/mol. The summed E-state index contributed by atoms with van der Waals surface area (Å²) in [6.45, 7) is 0.699. The highest BCUT2D eigenvalue weighted by atomic mass is 16.5. The molecule has 18 heavy (non-hydrogen) atoms. The molecule has 0 amide bonds. The molecule has 4 heteroatoms. The lowest BCUT2D eigenvalue weighted by atomic mass is 10.1. The van der Waals surface area contributed by atoms with Crippen LogP contribution in [0.3, 0.4) is 0 Å². The van der Waals surface area contributed by atoms with E-state index >= 15 is 0 Å². The van der Waals surface area contributed by atoms with Crippen LogP contribution >= 0.6 is 0 Å². The molecule has 2 rings (SSSR count). The molecule has 0 atom stereocenters. The Kier molecular flexibility index (Phi) is 3.93. The Morgan fingerprint density at radius 2 is 1.83 bits per heavy atom. The van der Waals surface area contributed by atoms with Crippen molar-refractivity contribution in [2.24, 2.45) is 5.92 Å². The number of methoxy groups -OCH3 is 2. The van der Waals surface area contributed by atoms with Crippen LogP contribution in [0.5, 0.6) is 17.2 Å². The Labute approximate surface area is 107 Å². The standard InChI is InChI=1S/C14H17NO3/c1-16-12-7-11(5-6-15)8-13(17-2)14(12)18-9-10-3-4-10/h7-8,10H,3-5,9H2,1-2H3. The quantitative estimate of drug-likeness (QED) is 0.775. The van der Waals surface area contributed by atoms with Crippen LogP contribution in [-0.2, 0) is 6.42 Å². The van der Waals surface area contributed by atoms with Gasteiger partial charge in [0.15, 0.2) is 11.5 Å². The fraction of sp³-hybridized carbons (Fsp3) is 0.500. The lowest BCUT2D eigenvalue weighted by Crippen LogP contribution is -2.03. The van der Waals surface area contributed by atoms with Gasteiger partial charge in [0.2, 0.25) is 5.75 Å². The lowest BCUT2D eigenvalue weighted by molar-refractivity contribution is 0.263. The van der Waals surface area contributed by atoms with Gasteiger partial charge in [-0.3, -0.25) is 0 Å². The Bertz CT molecular complexity index is 436. The van der Waals surface area contributed by atoms with E-state index in [4.69, 9.17) is 19.5 Å². The van der Waals surface area contributed by atoms with Gasteiger partial charge in [0.25, 0.3) is 0 Å². The van der Waals surface area contributed by atoms with Crippen molar-refractivity contribution in [2.45, 2.75) is 19.3 Å². The minimum absolute atomic E-state index is 0.329. The van der Waals surface area contributed by atoms with Crippen molar-refractivity contribution in [1.29, 1.82) is 5.26 Å². The normalized spacial score (nSPS) is 13.8. The summed E-state index contributed by atoms with van der Waals surface area (Å²) in [6.07, 6.45) is 2.80. The number of rotatable bonds is 6. The molecule has 1 aromatic carbocycles. The van der Waals surface area contributed by atoms with E-state index in [0.29, 0.717) is 36.2 Å². The maximum absolute atomic E-state index is 8.74. The second-order valence-electron chi connectivity index (χ2n) is 4.42. The third-order valence-electron chi connectivity index (χ3n) is 2.96. The summed E-state index contributed by atoms with van der Waals surface area (Å²) in [5, 5.41) is 8.74. The second kappa shape index (κ2) is 5.63. The van der Waals surface area contributed by atoms with Crippen molar-refractivity contribution < 1.29 is 14.2 Å². The average Bonchev–Trinajstić information content (AvgIpc) is 3.20. The van der Waals surface area contributed by atoms with Crippen molar-refractivity contribution >= 4 is 0 Å². The van der Waals surface area contributed by atoms with E-state index in [1.807, 2.05) is 12.1 Å². The monoisotopic (exact) mass is 247 g/mol. The fourth-order valence-corrected chi connectivity index (χ4v) is 1.76. The maximum atomic E-state index is 8.74. The van der Waals surface area contributed by atoms with Gasteiger partial charge in [0, 0.05) is 0 Å². The molecule has 1 aromatic rings. The first-order valence-corrected chi connectivity index (χ1v) is 6.03. The average molecular weight is 247 g/mol. The molecule has 0 bridgehead atoms. The van der Waals surface area contributed by atoms with Crippen molar-refractivity contribution in [2.75, 3.05) is 20.8 Å². The van der Waals surface area contributed by atoms with Gasteiger partial charge < -0.3 is 14.2 Å². The predicted molar refractivity (Wildman–Crippen MR) is 67.1 cm³/mol. The van der Waals surface area contributed by atoms with E-state index in [0.717, 1.165) is 5.56 Å². The number of nitriles is 1. The predicted octanol–water partition coefficient (Wildman–Crippen LogP) is 2.56. The molecule has 1 aliphatic rings. The molecule has 0 unspecified atom stereocenters. The highest BCUT2D eigenvalue weighted by Gasteiger charge is 2.24. The van der Waals surface area contributed by atoms with E-state index in [9.17, 15) is 0 Å². The van der Waals surface area contributed by atoms with Gasteiger partial charge in [0.1, 0.15) is 0 Å². The molecule has 0 radical (unpaired) electrons. The minimum atomic E-state index is 0.329. The molecule has 0 heterocycles. The first kappa shape index (κ1) is 12.6. The molecule has 1 saturated carbocycles. The van der Waals surface area contributed by atoms with Gasteiger partial charge in [-0.2, -0.15) is 5.26 Å². The lowest BCUT2D eigenvalue weighted by Gasteiger charge is -2.15. The highest BCUT2D eigenvalue weighted by Crippen LogP contribution is 2.40. The topological polar surface area (TPSA) is 51.5 Å². The van der Waals surface area contributed by atoms with Gasteiger partial charge in [-0.25, -0.2) is 0 Å². The number of hydrogen-bond acceptors (Lipinski definition) is 4. The smallest absolute Gasteiger partial charge is 0.203 e. The molecule has 0 spiro atoms. The zero-order valence-corrected chi connectivity index (χ0v) is 10.7. The zero-order chi connectivity index (χ0) is 13.0. The summed E-state index contributed by atoms with van der Waals surface area (Å²) in [4.78, 5) is 0. The van der Waals surface area contributed by atoms with E-state index in [-0.39, 0.29) is 0 Å². The summed E-state index contributed by atoms with van der Waals surface area (Å²) in [7, 11) is 3.18. The fourth-order valence-electron chi connectivity index (χ4n) is 1.76. The Morgan fingerprint density at radius 1 is 1.22 bits per heavy atom. The van der Waals surface area contributed by atoms with Crippen LogP contribution in [0.4, 0.5) is 0 Å². The second-order valence-corrected chi connectivity index (χ2v) is 4.42. The van der Waals surface area contributed by atoms with E-state index in [2.05, 4.69) is 6.07 Å². The van der Waals surface area contributed by atoms with Gasteiger partial charge >= 0.3 is 0 Å². The van der Waals surface area contributed by atoms with E-state index in [1.54, 1.807) is 14.2 Å². The van der Waals surface area contributed by atoms with Crippen LogP contribution in [0.25, 0.3) is 0 Å². The van der Waals surface area contributed by atoms with Crippen LogP contribution in [0.1, 0.15) is 18.4 Å². The molecule has 0 N–H and O–H groups in total. The minimum Gasteiger partial charge on any atom is -0.493 e. The third kappa shape index (κ3) is 2.86. The van der Waals surface area contributed by atoms with Crippen LogP contribution in [-0.4, -0.2) is 20.8 Å². The number of nitrogens with zero attached hydrogens (tertiary/aromatic N) is 1. The van der Waals surface area contributed by atoms with Crippen LogP contribution in [0, 0.1) is 17.2 Å². The molecule has 0 aromatic heterocycles. The number of hydrogen-bond donors (Lipinski definition) is 0. The Balaban J connectivity index is 2.25. The summed E-state index contributed by atoms with van der Waals surface area (Å²) in [5.41, 5.74) is 0.866. The summed E-state index contributed by atoms with van der Waals surface area (Å²) < 4.78 is 16.4. The van der Waals surface area contributed by atoms with E-state index in [1.165, 1.54) is 12.8 Å². The molecule has 1 fully saturated rings. The van der Waals surface area contributed by atoms with Crippen LogP contribution in [0.2, 0.25) is 0 Å². The number of ether oxygens (including phenoxy) is 3. The van der Waals surface area contributed by atoms with Crippen molar-refractivity contribution in [3.63, 3.8) is 0 Å². The molecule has 4 nitrogen and oxygen atoms in total. The third-order valence-corrected chi connectivity index (χ3v) is 2.96. The molecule has 96 valence electrons. The van der Waals surface area contributed by atoms with Gasteiger partial charge in [-0.15, -0.1) is 0 Å². The highest BCUT2D eigenvalue weighted by molar-refractivity contribution is 5.54. The Hall–Kier alpha value is -1.89. The van der Waals surface area contributed by atoms with Crippen LogP contribution in [0.15, 0.2) is 12.1 Å². The first-order valence-electron chi connectivity index (χ1n) is 6.03. The zero-order valence-electron chi connectivity index (χ0n) is 10.7. The number of benzene rings is 1. The molecule has 1 aliphatic carbocycles. The van der Waals surface area contributed by atoms with Gasteiger partial charge in [0.05, 0.1) is 33.3 Å². The maximum Gasteiger partial charge on any atom is 0.203 e. The van der Waals surface area contributed by atoms with Crippen molar-refractivity contribution in [3.05, 3.63) is 17.7 Å². The largest absolute Gasteiger partial charge is 0.493 e. The molecule has 0 aliphatic heterocycles. The van der Waals surface area contributed by atoms with Crippen molar-refractivity contribution in [1.82, 2.24) is 0 Å². The van der Waals surface area contributed by atoms with E-state index < -0.39 is 0 Å². The Morgan fingerprint density at radius 3 is 2.28 bits per heavy atom. The first-order chi connectivity index (χ1) is 8.78. The van der Waals surface area contributed by atoms with Crippen LogP contribution < -0.4 is 14.2 Å². The summed E-state index contributed by atoms with van der Waals surface area (Å²) in [5.74, 6) is 2.55. The van der Waals surface area contributed by atoms with Gasteiger partial charge in [-0.1, -0.05) is 0 Å².